The highest BCUT2D eigenvalue weighted by molar-refractivity contribution is 6.08. The molecule has 0 fully saturated rings. The zero-order valence-corrected chi connectivity index (χ0v) is 14.0. The molecule has 5 nitrogen and oxygen atoms in total. The van der Waals surface area contributed by atoms with Gasteiger partial charge in [0.1, 0.15) is 0 Å². The monoisotopic (exact) mass is 377 g/mol. The highest BCUT2D eigenvalue weighted by Gasteiger charge is 2.22. The molecule has 0 saturated carbocycles. The smallest absolute Gasteiger partial charge is 0.267 e. The summed E-state index contributed by atoms with van der Waals surface area (Å²) in [6, 6.07) is 7.11. The number of methoxy groups -OCH3 is 1. The molecule has 0 aromatic heterocycles. The van der Waals surface area contributed by atoms with Crippen LogP contribution in [0.2, 0.25) is 0 Å². The highest BCUT2D eigenvalue weighted by atomic mass is 19.2. The predicted molar refractivity (Wildman–Crippen MR) is 91.6 cm³/mol. The lowest BCUT2D eigenvalue weighted by molar-refractivity contribution is -0.124. The summed E-state index contributed by atoms with van der Waals surface area (Å²) >= 11 is 0. The van der Waals surface area contributed by atoms with Gasteiger partial charge in [-0.1, -0.05) is 30.3 Å². The molecule has 8 heteroatoms. The first-order chi connectivity index (χ1) is 12.9. The topological polar surface area (TPSA) is 75.6 Å². The molecule has 2 N–H and O–H groups in total. The van der Waals surface area contributed by atoms with Gasteiger partial charge in [0.05, 0.1) is 12.7 Å². The number of rotatable bonds is 6. The average Bonchev–Trinajstić information content (AvgIpc) is 2.68. The Morgan fingerprint density at radius 1 is 1.00 bits per heavy atom. The molecule has 140 valence electrons. The van der Waals surface area contributed by atoms with Gasteiger partial charge in [0, 0.05) is 6.08 Å². The SMILES string of the molecule is COc1c(C(=O)C=Cc2ccc(C=CC(=O)NO)cc2)cc(F)c(F)c1F. The average molecular weight is 377 g/mol. The quantitative estimate of drug-likeness (QED) is 0.266. The maximum Gasteiger partial charge on any atom is 0.267 e. The largest absolute Gasteiger partial charge is 0.493 e. The van der Waals surface area contributed by atoms with E-state index in [1.807, 2.05) is 0 Å². The third-order valence-corrected chi connectivity index (χ3v) is 3.49. The van der Waals surface area contributed by atoms with Crippen LogP contribution >= 0.6 is 0 Å². The molecule has 0 unspecified atom stereocenters. The number of nitrogens with one attached hydrogen (secondary N) is 1. The van der Waals surface area contributed by atoms with Crippen molar-refractivity contribution in [1.29, 1.82) is 0 Å². The second-order valence-electron chi connectivity index (χ2n) is 5.24. The van der Waals surface area contributed by atoms with E-state index >= 15 is 0 Å². The third kappa shape index (κ3) is 4.83. The molecule has 0 aliphatic rings. The van der Waals surface area contributed by atoms with Gasteiger partial charge >= 0.3 is 0 Å². The first-order valence-corrected chi connectivity index (χ1v) is 7.53. The lowest BCUT2D eigenvalue weighted by Crippen LogP contribution is -2.14. The number of amides is 1. The predicted octanol–water partition coefficient (Wildman–Crippen LogP) is 3.53. The number of carbonyl (C=O) groups excluding carboxylic acids is 2. The Balaban J connectivity index is 2.20. The molecular weight excluding hydrogens is 363 g/mol. The summed E-state index contributed by atoms with van der Waals surface area (Å²) in [5.41, 5.74) is 2.26. The van der Waals surface area contributed by atoms with Crippen molar-refractivity contribution >= 4 is 23.8 Å². The summed E-state index contributed by atoms with van der Waals surface area (Å²) in [5, 5.41) is 8.39. The number of hydrogen-bond donors (Lipinski definition) is 2. The van der Waals surface area contributed by atoms with Crippen molar-refractivity contribution in [3.8, 4) is 5.75 Å². The zero-order chi connectivity index (χ0) is 20.0. The van der Waals surface area contributed by atoms with Crippen LogP contribution in [0.4, 0.5) is 13.2 Å². The molecule has 2 rings (SSSR count). The Bertz CT molecular complexity index is 922. The molecular formula is C19H14F3NO4. The summed E-state index contributed by atoms with van der Waals surface area (Å²) in [6.07, 6.45) is 5.05. The van der Waals surface area contributed by atoms with Crippen LogP contribution in [0, 0.1) is 17.5 Å². The summed E-state index contributed by atoms with van der Waals surface area (Å²) in [4.78, 5) is 23.1. The van der Waals surface area contributed by atoms with Crippen LogP contribution in [0.5, 0.6) is 5.75 Å². The van der Waals surface area contributed by atoms with Crippen LogP contribution in [0.3, 0.4) is 0 Å². The number of benzene rings is 2. The van der Waals surface area contributed by atoms with Gasteiger partial charge in [-0.15, -0.1) is 0 Å². The number of hydrogen-bond acceptors (Lipinski definition) is 4. The lowest BCUT2D eigenvalue weighted by atomic mass is 10.1. The van der Waals surface area contributed by atoms with Crippen molar-refractivity contribution in [2.45, 2.75) is 0 Å². The van der Waals surface area contributed by atoms with E-state index in [4.69, 9.17) is 5.21 Å². The molecule has 2 aromatic carbocycles. The normalized spacial score (nSPS) is 11.1. The fourth-order valence-corrected chi connectivity index (χ4v) is 2.15. The van der Waals surface area contributed by atoms with Crippen LogP contribution in [0.1, 0.15) is 21.5 Å². The van der Waals surface area contributed by atoms with Gasteiger partial charge in [0.2, 0.25) is 5.82 Å². The van der Waals surface area contributed by atoms with E-state index in [2.05, 4.69) is 4.74 Å². The van der Waals surface area contributed by atoms with Crippen LogP contribution in [-0.2, 0) is 4.79 Å². The maximum absolute atomic E-state index is 13.7. The second kappa shape index (κ2) is 8.81. The van der Waals surface area contributed by atoms with Crippen molar-refractivity contribution in [1.82, 2.24) is 5.48 Å². The van der Waals surface area contributed by atoms with Gasteiger partial charge in [0.15, 0.2) is 23.2 Å². The number of hydroxylamine groups is 1. The standard InChI is InChI=1S/C19H14F3NO4/c1-27-19-13(10-14(20)17(21)18(19)22)15(24)8-6-11-2-4-12(5-3-11)7-9-16(25)23-26/h2-10,26H,1H3,(H,23,25). The van der Waals surface area contributed by atoms with Crippen LogP contribution in [-0.4, -0.2) is 24.0 Å². The molecule has 27 heavy (non-hydrogen) atoms. The Hall–Kier alpha value is -3.39. The van der Waals surface area contributed by atoms with E-state index in [1.165, 1.54) is 17.6 Å². The number of carbonyl (C=O) groups is 2. The summed E-state index contributed by atoms with van der Waals surface area (Å²) in [6.45, 7) is 0. The van der Waals surface area contributed by atoms with Gasteiger partial charge in [-0.25, -0.2) is 14.3 Å². The van der Waals surface area contributed by atoms with Crippen molar-refractivity contribution in [2.24, 2.45) is 0 Å². The summed E-state index contributed by atoms with van der Waals surface area (Å²) < 4.78 is 45.0. The summed E-state index contributed by atoms with van der Waals surface area (Å²) in [5.74, 6) is -6.91. The molecule has 0 radical (unpaired) electrons. The van der Waals surface area contributed by atoms with Crippen molar-refractivity contribution in [2.75, 3.05) is 7.11 Å². The lowest BCUT2D eigenvalue weighted by Gasteiger charge is -2.08. The van der Waals surface area contributed by atoms with E-state index in [1.54, 1.807) is 24.3 Å². The van der Waals surface area contributed by atoms with Gasteiger partial charge < -0.3 is 4.74 Å². The first kappa shape index (κ1) is 19.9. The minimum atomic E-state index is -1.72. The van der Waals surface area contributed by atoms with Crippen molar-refractivity contribution in [3.05, 3.63) is 76.6 Å². The second-order valence-corrected chi connectivity index (χ2v) is 5.24. The Morgan fingerprint density at radius 3 is 2.07 bits per heavy atom. The van der Waals surface area contributed by atoms with Gasteiger partial charge in [0.25, 0.3) is 5.91 Å². The minimum absolute atomic E-state index is 0.445. The fraction of sp³-hybridized carbons (Fsp3) is 0.0526. The van der Waals surface area contributed by atoms with E-state index in [9.17, 15) is 22.8 Å². The molecule has 0 heterocycles. The van der Waals surface area contributed by atoms with Gasteiger partial charge in [-0.2, -0.15) is 4.39 Å². The fourth-order valence-electron chi connectivity index (χ4n) is 2.15. The van der Waals surface area contributed by atoms with E-state index in [0.717, 1.165) is 19.3 Å². The Labute approximate surface area is 152 Å². The molecule has 2 aromatic rings. The van der Waals surface area contributed by atoms with Crippen LogP contribution < -0.4 is 10.2 Å². The first-order valence-electron chi connectivity index (χ1n) is 7.53. The molecule has 0 atom stereocenters. The summed E-state index contributed by atoms with van der Waals surface area (Å²) in [7, 11) is 1.04. The van der Waals surface area contributed by atoms with Gasteiger partial charge in [-0.3, -0.25) is 14.8 Å². The van der Waals surface area contributed by atoms with E-state index in [-0.39, 0.29) is 0 Å². The molecule has 0 spiro atoms. The third-order valence-electron chi connectivity index (χ3n) is 3.49. The van der Waals surface area contributed by atoms with Crippen LogP contribution in [0.15, 0.2) is 42.5 Å². The number of allylic oxidation sites excluding steroid dienone is 1. The Morgan fingerprint density at radius 2 is 1.56 bits per heavy atom. The van der Waals surface area contributed by atoms with E-state index < -0.39 is 40.5 Å². The zero-order valence-electron chi connectivity index (χ0n) is 14.0. The van der Waals surface area contributed by atoms with Crippen LogP contribution in [0.25, 0.3) is 12.2 Å². The highest BCUT2D eigenvalue weighted by Crippen LogP contribution is 2.28. The maximum atomic E-state index is 13.7. The Kier molecular flexibility index (Phi) is 6.51. The minimum Gasteiger partial charge on any atom is -0.493 e. The molecule has 0 aliphatic carbocycles. The number of ketones is 1. The molecule has 0 aliphatic heterocycles. The van der Waals surface area contributed by atoms with E-state index in [0.29, 0.717) is 17.2 Å². The number of halogens is 3. The number of ether oxygens (including phenoxy) is 1. The van der Waals surface area contributed by atoms with Gasteiger partial charge in [-0.05, 0) is 29.3 Å². The van der Waals surface area contributed by atoms with Crippen molar-refractivity contribution in [3.63, 3.8) is 0 Å². The van der Waals surface area contributed by atoms with Crippen molar-refractivity contribution < 1.29 is 32.7 Å². The molecule has 1 amide bonds. The molecule has 0 bridgehead atoms. The molecule has 0 saturated heterocycles.